The normalized spacial score (nSPS) is 11.2. The number of fused-ring (bicyclic) bond motifs is 1. The van der Waals surface area contributed by atoms with E-state index in [0.29, 0.717) is 6.54 Å². The van der Waals surface area contributed by atoms with Gasteiger partial charge in [-0.2, -0.15) is 0 Å². The van der Waals surface area contributed by atoms with Crippen LogP contribution in [0.15, 0.2) is 24.3 Å². The number of aromatic nitrogens is 1. The monoisotopic (exact) mass is 216 g/mol. The highest BCUT2D eigenvalue weighted by atomic mass is 16.1. The van der Waals surface area contributed by atoms with Crippen LogP contribution in [0.3, 0.4) is 0 Å². The smallest absolute Gasteiger partial charge is 0.179 e. The summed E-state index contributed by atoms with van der Waals surface area (Å²) in [6.45, 7) is 2.39. The van der Waals surface area contributed by atoms with E-state index in [0.717, 1.165) is 22.2 Å². The van der Waals surface area contributed by atoms with Gasteiger partial charge in [-0.3, -0.25) is 4.79 Å². The van der Waals surface area contributed by atoms with E-state index >= 15 is 0 Å². The van der Waals surface area contributed by atoms with Crippen LogP contribution in [0, 0.1) is 6.92 Å². The van der Waals surface area contributed by atoms with Crippen LogP contribution in [0.25, 0.3) is 10.9 Å². The van der Waals surface area contributed by atoms with Gasteiger partial charge in [0.25, 0.3) is 0 Å². The zero-order chi connectivity index (χ0) is 11.7. The number of nitrogens with one attached hydrogen (secondary N) is 1. The van der Waals surface area contributed by atoms with Gasteiger partial charge in [-0.15, -0.1) is 0 Å². The maximum Gasteiger partial charge on any atom is 0.179 e. The van der Waals surface area contributed by atoms with Crippen molar-refractivity contribution >= 4 is 16.7 Å². The minimum absolute atomic E-state index is 0.167. The Bertz CT molecular complexity index is 526. The van der Waals surface area contributed by atoms with Crippen molar-refractivity contribution < 1.29 is 4.79 Å². The third-order valence-electron chi connectivity index (χ3n) is 2.63. The van der Waals surface area contributed by atoms with Gasteiger partial charge in [0, 0.05) is 22.2 Å². The summed E-state index contributed by atoms with van der Waals surface area (Å²) in [5.41, 5.74) is 2.81. The lowest BCUT2D eigenvalue weighted by Crippen LogP contribution is -2.22. The fraction of sp³-hybridized carbons (Fsp3) is 0.308. The molecule has 0 fully saturated rings. The number of ketones is 1. The SMILES string of the molecule is Cc1[nH]c2ccccc2c1C(=O)CN(C)C. The first-order valence-electron chi connectivity index (χ1n) is 5.35. The first-order valence-corrected chi connectivity index (χ1v) is 5.35. The van der Waals surface area contributed by atoms with Crippen molar-refractivity contribution in [3.05, 3.63) is 35.5 Å². The molecule has 1 aromatic carbocycles. The number of benzene rings is 1. The first kappa shape index (κ1) is 10.9. The van der Waals surface area contributed by atoms with E-state index in [1.807, 2.05) is 50.2 Å². The van der Waals surface area contributed by atoms with Gasteiger partial charge < -0.3 is 9.88 Å². The molecule has 0 bridgehead atoms. The molecule has 2 aromatic rings. The predicted octanol–water partition coefficient (Wildman–Crippen LogP) is 2.22. The summed E-state index contributed by atoms with van der Waals surface area (Å²) in [7, 11) is 3.81. The van der Waals surface area contributed by atoms with Crippen molar-refractivity contribution in [2.24, 2.45) is 0 Å². The number of H-pyrrole nitrogens is 1. The number of para-hydroxylation sites is 1. The van der Waals surface area contributed by atoms with Gasteiger partial charge in [0.15, 0.2) is 5.78 Å². The molecule has 0 saturated carbocycles. The highest BCUT2D eigenvalue weighted by Gasteiger charge is 2.15. The van der Waals surface area contributed by atoms with Crippen molar-refractivity contribution in [1.82, 2.24) is 9.88 Å². The summed E-state index contributed by atoms with van der Waals surface area (Å²) in [6, 6.07) is 7.91. The maximum atomic E-state index is 12.1. The summed E-state index contributed by atoms with van der Waals surface area (Å²) in [6.07, 6.45) is 0. The average molecular weight is 216 g/mol. The van der Waals surface area contributed by atoms with Gasteiger partial charge >= 0.3 is 0 Å². The number of carbonyl (C=O) groups excluding carboxylic acids is 1. The fourth-order valence-electron chi connectivity index (χ4n) is 2.00. The van der Waals surface area contributed by atoms with E-state index < -0.39 is 0 Å². The van der Waals surface area contributed by atoms with Crippen LogP contribution in [-0.4, -0.2) is 36.3 Å². The van der Waals surface area contributed by atoms with Crippen molar-refractivity contribution in [1.29, 1.82) is 0 Å². The second-order valence-electron chi connectivity index (χ2n) is 4.33. The number of aromatic amines is 1. The summed E-state index contributed by atoms with van der Waals surface area (Å²) < 4.78 is 0. The number of Topliss-reactive ketones (excluding diaryl/α,β-unsaturated/α-hetero) is 1. The molecule has 0 spiro atoms. The van der Waals surface area contributed by atoms with Crippen LogP contribution < -0.4 is 0 Å². The Morgan fingerprint density at radius 2 is 2.00 bits per heavy atom. The Morgan fingerprint density at radius 1 is 1.31 bits per heavy atom. The Hall–Kier alpha value is -1.61. The standard InChI is InChI=1S/C13H16N2O/c1-9-13(12(16)8-15(2)3)10-6-4-5-7-11(10)14-9/h4-7,14H,8H2,1-3H3. The van der Waals surface area contributed by atoms with Gasteiger partial charge in [0.2, 0.25) is 0 Å². The minimum Gasteiger partial charge on any atom is -0.358 e. The highest BCUT2D eigenvalue weighted by molar-refractivity contribution is 6.10. The van der Waals surface area contributed by atoms with Crippen LogP contribution in [0.2, 0.25) is 0 Å². The summed E-state index contributed by atoms with van der Waals surface area (Å²) in [4.78, 5) is 17.2. The van der Waals surface area contributed by atoms with Gasteiger partial charge in [-0.25, -0.2) is 0 Å². The predicted molar refractivity (Wildman–Crippen MR) is 65.9 cm³/mol. The number of hydrogen-bond acceptors (Lipinski definition) is 2. The maximum absolute atomic E-state index is 12.1. The molecular formula is C13H16N2O. The summed E-state index contributed by atoms with van der Waals surface area (Å²) in [5.74, 6) is 0.167. The molecular weight excluding hydrogens is 200 g/mol. The molecule has 3 heteroatoms. The summed E-state index contributed by atoms with van der Waals surface area (Å²) in [5, 5.41) is 1.02. The van der Waals surface area contributed by atoms with Gasteiger partial charge in [0.1, 0.15) is 0 Å². The lowest BCUT2D eigenvalue weighted by atomic mass is 10.1. The number of likely N-dealkylation sites (N-methyl/N-ethyl adjacent to an activating group) is 1. The van der Waals surface area contributed by atoms with Crippen LogP contribution in [-0.2, 0) is 0 Å². The lowest BCUT2D eigenvalue weighted by Gasteiger charge is -2.08. The number of nitrogens with zero attached hydrogens (tertiary/aromatic N) is 1. The highest BCUT2D eigenvalue weighted by Crippen LogP contribution is 2.22. The van der Waals surface area contributed by atoms with Crippen molar-refractivity contribution in [2.45, 2.75) is 6.92 Å². The molecule has 0 atom stereocenters. The molecule has 0 saturated heterocycles. The third-order valence-corrected chi connectivity index (χ3v) is 2.63. The second kappa shape index (κ2) is 4.10. The number of hydrogen-bond donors (Lipinski definition) is 1. The van der Waals surface area contributed by atoms with E-state index in [-0.39, 0.29) is 5.78 Å². The Labute approximate surface area is 95.1 Å². The zero-order valence-electron chi connectivity index (χ0n) is 9.87. The molecule has 84 valence electrons. The van der Waals surface area contributed by atoms with Crippen LogP contribution in [0.1, 0.15) is 16.1 Å². The number of aryl methyl sites for hydroxylation is 1. The molecule has 0 amide bonds. The molecule has 0 unspecified atom stereocenters. The van der Waals surface area contributed by atoms with Gasteiger partial charge in [-0.1, -0.05) is 18.2 Å². The molecule has 1 heterocycles. The largest absolute Gasteiger partial charge is 0.358 e. The van der Waals surface area contributed by atoms with Crippen LogP contribution in [0.4, 0.5) is 0 Å². The number of rotatable bonds is 3. The lowest BCUT2D eigenvalue weighted by molar-refractivity contribution is 0.0959. The van der Waals surface area contributed by atoms with Gasteiger partial charge in [-0.05, 0) is 27.1 Å². The van der Waals surface area contributed by atoms with Gasteiger partial charge in [0.05, 0.1) is 6.54 Å². The Balaban J connectivity index is 2.51. The molecule has 0 aliphatic carbocycles. The van der Waals surface area contributed by atoms with Crippen molar-refractivity contribution in [3.8, 4) is 0 Å². The zero-order valence-corrected chi connectivity index (χ0v) is 9.87. The van der Waals surface area contributed by atoms with E-state index in [9.17, 15) is 4.79 Å². The number of carbonyl (C=O) groups is 1. The molecule has 1 N–H and O–H groups in total. The molecule has 0 aliphatic rings. The molecule has 3 nitrogen and oxygen atoms in total. The van der Waals surface area contributed by atoms with Crippen molar-refractivity contribution in [3.63, 3.8) is 0 Å². The quantitative estimate of drug-likeness (QED) is 0.799. The fourth-order valence-corrected chi connectivity index (χ4v) is 2.00. The van der Waals surface area contributed by atoms with E-state index in [1.165, 1.54) is 0 Å². The topological polar surface area (TPSA) is 36.1 Å². The van der Waals surface area contributed by atoms with Crippen LogP contribution >= 0.6 is 0 Å². The molecule has 0 radical (unpaired) electrons. The molecule has 2 rings (SSSR count). The Kier molecular flexibility index (Phi) is 2.79. The second-order valence-corrected chi connectivity index (χ2v) is 4.33. The van der Waals surface area contributed by atoms with E-state index in [1.54, 1.807) is 0 Å². The molecule has 16 heavy (non-hydrogen) atoms. The van der Waals surface area contributed by atoms with E-state index in [4.69, 9.17) is 0 Å². The van der Waals surface area contributed by atoms with Crippen molar-refractivity contribution in [2.75, 3.05) is 20.6 Å². The molecule has 0 aliphatic heterocycles. The van der Waals surface area contributed by atoms with Crippen LogP contribution in [0.5, 0.6) is 0 Å². The first-order chi connectivity index (χ1) is 7.59. The summed E-state index contributed by atoms with van der Waals surface area (Å²) >= 11 is 0. The molecule has 1 aromatic heterocycles. The Morgan fingerprint density at radius 3 is 2.69 bits per heavy atom. The minimum atomic E-state index is 0.167. The third kappa shape index (κ3) is 1.86. The average Bonchev–Trinajstić information content (AvgIpc) is 2.52. The van der Waals surface area contributed by atoms with E-state index in [2.05, 4.69) is 4.98 Å².